The normalized spacial score (nSPS) is 18.1. The summed E-state index contributed by atoms with van der Waals surface area (Å²) in [7, 11) is -3.58. The Kier molecular flexibility index (Phi) is 5.76. The van der Waals surface area contributed by atoms with Crippen molar-refractivity contribution < 1.29 is 22.7 Å². The number of carbonyl (C=O) groups excluding carboxylic acids is 1. The number of hydrogen-bond donors (Lipinski definition) is 2. The van der Waals surface area contributed by atoms with Gasteiger partial charge in [-0.3, -0.25) is 5.32 Å². The summed E-state index contributed by atoms with van der Waals surface area (Å²) in [4.78, 5) is 11.4. The number of benzene rings is 1. The summed E-state index contributed by atoms with van der Waals surface area (Å²) in [5.41, 5.74) is 0.469. The third kappa shape index (κ3) is 4.69. The molecule has 1 atom stereocenters. The zero-order chi connectivity index (χ0) is 16.0. The van der Waals surface area contributed by atoms with Crippen LogP contribution in [0.1, 0.15) is 19.8 Å². The van der Waals surface area contributed by atoms with Crippen LogP contribution in [-0.4, -0.2) is 40.4 Å². The van der Waals surface area contributed by atoms with Crippen molar-refractivity contribution in [2.75, 3.05) is 25.1 Å². The Morgan fingerprint density at radius 1 is 1.36 bits per heavy atom. The van der Waals surface area contributed by atoms with Crippen molar-refractivity contribution in [2.24, 2.45) is 0 Å². The van der Waals surface area contributed by atoms with Gasteiger partial charge in [0.1, 0.15) is 0 Å². The molecule has 8 heteroatoms. The SMILES string of the molecule is CCOC(=O)Nc1ccc(S(=O)(=O)NC[C@H]2CCCO2)cc1. The molecule has 0 unspecified atom stereocenters. The lowest BCUT2D eigenvalue weighted by atomic mass is 10.2. The largest absolute Gasteiger partial charge is 0.450 e. The highest BCUT2D eigenvalue weighted by atomic mass is 32.2. The van der Waals surface area contributed by atoms with Gasteiger partial charge in [-0.15, -0.1) is 0 Å². The third-order valence-electron chi connectivity index (χ3n) is 3.21. The Morgan fingerprint density at radius 3 is 2.68 bits per heavy atom. The number of ether oxygens (including phenoxy) is 2. The van der Waals surface area contributed by atoms with E-state index in [0.717, 1.165) is 12.8 Å². The second-order valence-corrected chi connectivity index (χ2v) is 6.62. The molecule has 2 N–H and O–H groups in total. The van der Waals surface area contributed by atoms with Gasteiger partial charge in [0.05, 0.1) is 17.6 Å². The van der Waals surface area contributed by atoms with E-state index in [2.05, 4.69) is 10.0 Å². The lowest BCUT2D eigenvalue weighted by molar-refractivity contribution is 0.114. The van der Waals surface area contributed by atoms with Crippen LogP contribution in [0.5, 0.6) is 0 Å². The van der Waals surface area contributed by atoms with Gasteiger partial charge in [0.2, 0.25) is 10.0 Å². The van der Waals surface area contributed by atoms with Crippen LogP contribution in [0.4, 0.5) is 10.5 Å². The van der Waals surface area contributed by atoms with Gasteiger partial charge in [0.15, 0.2) is 0 Å². The summed E-state index contributed by atoms with van der Waals surface area (Å²) in [5.74, 6) is 0. The van der Waals surface area contributed by atoms with Crippen molar-refractivity contribution in [2.45, 2.75) is 30.8 Å². The van der Waals surface area contributed by atoms with Gasteiger partial charge in [0, 0.05) is 18.8 Å². The van der Waals surface area contributed by atoms with E-state index in [0.29, 0.717) is 12.3 Å². The highest BCUT2D eigenvalue weighted by molar-refractivity contribution is 7.89. The molecule has 0 bridgehead atoms. The minimum atomic E-state index is -3.58. The number of amides is 1. The van der Waals surface area contributed by atoms with Crippen LogP contribution in [0.25, 0.3) is 0 Å². The highest BCUT2D eigenvalue weighted by Gasteiger charge is 2.20. The Balaban J connectivity index is 1.94. The second kappa shape index (κ2) is 7.57. The van der Waals surface area contributed by atoms with Crippen LogP contribution in [0.15, 0.2) is 29.2 Å². The van der Waals surface area contributed by atoms with Crippen LogP contribution >= 0.6 is 0 Å². The van der Waals surface area contributed by atoms with E-state index in [-0.39, 0.29) is 24.2 Å². The maximum absolute atomic E-state index is 12.1. The van der Waals surface area contributed by atoms with E-state index < -0.39 is 16.1 Å². The van der Waals surface area contributed by atoms with Gasteiger partial charge in [-0.25, -0.2) is 17.9 Å². The number of sulfonamides is 1. The fourth-order valence-corrected chi connectivity index (χ4v) is 3.16. The predicted molar refractivity (Wildman–Crippen MR) is 81.2 cm³/mol. The molecular weight excluding hydrogens is 308 g/mol. The molecule has 1 aliphatic heterocycles. The number of carbonyl (C=O) groups is 1. The quantitative estimate of drug-likeness (QED) is 0.829. The monoisotopic (exact) mass is 328 g/mol. The van der Waals surface area contributed by atoms with E-state index in [9.17, 15) is 13.2 Å². The van der Waals surface area contributed by atoms with Crippen molar-refractivity contribution in [1.29, 1.82) is 0 Å². The van der Waals surface area contributed by atoms with Crippen molar-refractivity contribution in [3.8, 4) is 0 Å². The second-order valence-electron chi connectivity index (χ2n) is 4.86. The molecule has 0 aliphatic carbocycles. The number of rotatable bonds is 6. The van der Waals surface area contributed by atoms with Gasteiger partial charge in [-0.1, -0.05) is 0 Å². The topological polar surface area (TPSA) is 93.7 Å². The molecule has 1 aromatic rings. The molecule has 1 saturated heterocycles. The zero-order valence-corrected chi connectivity index (χ0v) is 13.2. The van der Waals surface area contributed by atoms with E-state index in [1.165, 1.54) is 24.3 Å². The molecule has 7 nitrogen and oxygen atoms in total. The molecule has 1 amide bonds. The first-order valence-corrected chi connectivity index (χ1v) is 8.64. The van der Waals surface area contributed by atoms with Crippen LogP contribution in [-0.2, 0) is 19.5 Å². The summed E-state index contributed by atoms with van der Waals surface area (Å²) in [6, 6.07) is 5.88. The molecular formula is C14H20N2O5S. The van der Waals surface area contributed by atoms with E-state index in [1.54, 1.807) is 6.92 Å². The van der Waals surface area contributed by atoms with Crippen LogP contribution in [0, 0.1) is 0 Å². The van der Waals surface area contributed by atoms with Gasteiger partial charge >= 0.3 is 6.09 Å². The van der Waals surface area contributed by atoms with Gasteiger partial charge in [-0.2, -0.15) is 0 Å². The molecule has 0 saturated carbocycles. The summed E-state index contributed by atoms with van der Waals surface area (Å²) < 4.78 is 37.0. The number of nitrogens with one attached hydrogen (secondary N) is 2. The average molecular weight is 328 g/mol. The molecule has 0 radical (unpaired) electrons. The summed E-state index contributed by atoms with van der Waals surface area (Å²) >= 11 is 0. The van der Waals surface area contributed by atoms with Crippen molar-refractivity contribution in [1.82, 2.24) is 4.72 Å². The van der Waals surface area contributed by atoms with E-state index in [4.69, 9.17) is 9.47 Å². The number of anilines is 1. The Morgan fingerprint density at radius 2 is 2.09 bits per heavy atom. The first kappa shape index (κ1) is 16.7. The fourth-order valence-electron chi connectivity index (χ4n) is 2.09. The molecule has 0 spiro atoms. The standard InChI is InChI=1S/C14H20N2O5S/c1-2-20-14(17)16-11-5-7-13(8-6-11)22(18,19)15-10-12-4-3-9-21-12/h5-8,12,15H,2-4,9-10H2,1H3,(H,16,17)/t12-/m1/s1. The zero-order valence-electron chi connectivity index (χ0n) is 12.4. The summed E-state index contributed by atoms with van der Waals surface area (Å²) in [6.45, 7) is 2.92. The lowest BCUT2D eigenvalue weighted by Gasteiger charge is -2.12. The van der Waals surface area contributed by atoms with Crippen LogP contribution in [0.2, 0.25) is 0 Å². The first-order chi connectivity index (χ1) is 10.5. The maximum Gasteiger partial charge on any atom is 0.411 e. The minimum Gasteiger partial charge on any atom is -0.450 e. The van der Waals surface area contributed by atoms with Crippen LogP contribution < -0.4 is 10.0 Å². The molecule has 2 rings (SSSR count). The lowest BCUT2D eigenvalue weighted by Crippen LogP contribution is -2.31. The van der Waals surface area contributed by atoms with Gasteiger partial charge in [-0.05, 0) is 44.0 Å². The minimum absolute atomic E-state index is 0.0560. The third-order valence-corrected chi connectivity index (χ3v) is 4.65. The fraction of sp³-hybridized carbons (Fsp3) is 0.500. The van der Waals surface area contributed by atoms with Crippen molar-refractivity contribution >= 4 is 21.8 Å². The van der Waals surface area contributed by atoms with Crippen molar-refractivity contribution in [3.05, 3.63) is 24.3 Å². The summed E-state index contributed by atoms with van der Waals surface area (Å²) in [5, 5.41) is 2.50. The van der Waals surface area contributed by atoms with Crippen molar-refractivity contribution in [3.63, 3.8) is 0 Å². The Bertz CT molecular complexity index is 594. The molecule has 1 heterocycles. The first-order valence-electron chi connectivity index (χ1n) is 7.16. The van der Waals surface area contributed by atoms with E-state index >= 15 is 0 Å². The average Bonchev–Trinajstić information content (AvgIpc) is 2.99. The smallest absolute Gasteiger partial charge is 0.411 e. The Hall–Kier alpha value is -1.64. The summed E-state index contributed by atoms with van der Waals surface area (Å²) in [6.07, 6.45) is 1.19. The molecule has 1 fully saturated rings. The van der Waals surface area contributed by atoms with Gasteiger partial charge < -0.3 is 9.47 Å². The molecule has 22 heavy (non-hydrogen) atoms. The van der Waals surface area contributed by atoms with E-state index in [1.807, 2.05) is 0 Å². The van der Waals surface area contributed by atoms with Crippen LogP contribution in [0.3, 0.4) is 0 Å². The Labute approximate surface area is 130 Å². The molecule has 1 aromatic carbocycles. The number of hydrogen-bond acceptors (Lipinski definition) is 5. The molecule has 122 valence electrons. The predicted octanol–water partition coefficient (Wildman–Crippen LogP) is 1.71. The van der Waals surface area contributed by atoms with Gasteiger partial charge in [0.25, 0.3) is 0 Å². The highest BCUT2D eigenvalue weighted by Crippen LogP contribution is 2.16. The molecule has 1 aliphatic rings. The molecule has 0 aromatic heterocycles. The maximum atomic E-state index is 12.1.